The molecule has 0 aliphatic heterocycles. The van der Waals surface area contributed by atoms with Gasteiger partial charge >= 0.3 is 54.1 Å². The summed E-state index contributed by atoms with van der Waals surface area (Å²) in [6.45, 7) is 2.15. The van der Waals surface area contributed by atoms with Crippen LogP contribution in [0.2, 0.25) is 0 Å². The fourth-order valence-corrected chi connectivity index (χ4v) is 1.06. The monoisotopic (exact) mass is 274 g/mol. The smallest absolute Gasteiger partial charge is 1.00 e. The maximum atomic E-state index is 2.20. The van der Waals surface area contributed by atoms with Crippen LogP contribution in [-0.4, -0.2) is 0 Å². The maximum Gasteiger partial charge on any atom is -1.00 e. The van der Waals surface area contributed by atoms with Crippen LogP contribution >= 0.6 is 0 Å². The summed E-state index contributed by atoms with van der Waals surface area (Å²) in [5.41, 5.74) is 1.44. The van der Waals surface area contributed by atoms with Crippen molar-refractivity contribution in [3.8, 4) is 0 Å². The Balaban J connectivity index is 0. The van der Waals surface area contributed by atoms with E-state index < -0.39 is 0 Å². The van der Waals surface area contributed by atoms with Crippen molar-refractivity contribution in [2.45, 2.75) is 13.3 Å². The van der Waals surface area contributed by atoms with Crippen molar-refractivity contribution in [2.24, 2.45) is 0 Å². The van der Waals surface area contributed by atoms with E-state index in [1.807, 2.05) is 0 Å². The van der Waals surface area contributed by atoms with E-state index in [1.165, 1.54) is 16.1 Å². The van der Waals surface area contributed by atoms with Gasteiger partial charge < -0.3 is 2.85 Å². The Labute approximate surface area is 57.4 Å². The summed E-state index contributed by atoms with van der Waals surface area (Å²) in [5.74, 6) is 0. The van der Waals surface area contributed by atoms with Crippen LogP contribution in [0.1, 0.15) is 16.2 Å². The topological polar surface area (TPSA) is 0 Å². The molecule has 0 radical (unpaired) electrons. The van der Waals surface area contributed by atoms with E-state index in [4.69, 9.17) is 0 Å². The first kappa shape index (κ1) is 5.27. The fourth-order valence-electron chi connectivity index (χ4n) is 0.582. The fraction of sp³-hybridized carbons (Fsp3) is 0.333. The Morgan fingerprint density at radius 2 is 2.57 bits per heavy atom. The summed E-state index contributed by atoms with van der Waals surface area (Å²) in [6.07, 6.45) is 5.55. The third-order valence-electron chi connectivity index (χ3n) is 1.07. The van der Waals surface area contributed by atoms with Crippen molar-refractivity contribution in [1.29, 1.82) is 0 Å². The van der Waals surface area contributed by atoms with Gasteiger partial charge in [-0.25, -0.2) is 0 Å². The second-order valence-electron chi connectivity index (χ2n) is 1.67. The van der Waals surface area contributed by atoms with Crippen LogP contribution < -0.4 is 0 Å². The zero-order valence-electron chi connectivity index (χ0n) is 6.20. The molecule has 0 unspecified atom stereocenters. The van der Waals surface area contributed by atoms with Gasteiger partial charge in [0.25, 0.3) is 0 Å². The first-order valence-electron chi connectivity index (χ1n) is 2.30. The number of hydrogen-bond donors (Lipinski definition) is 0. The molecule has 1 heteroatoms. The Morgan fingerprint density at radius 3 is 2.71 bits per heavy atom. The van der Waals surface area contributed by atoms with Gasteiger partial charge in [0.05, 0.1) is 0 Å². The molecular formula is C6H9Ir. The maximum absolute atomic E-state index is 2.20. The standard InChI is InChI=1S/C6H7.Ir.2H/c1-6-4-2-3-5-6;;;/h2,4H,3H2,1H3;;;/q;+2;2*-1. The molecule has 42 valence electrons. The molecule has 0 fully saturated rings. The quantitative estimate of drug-likeness (QED) is 0.633. The van der Waals surface area contributed by atoms with Gasteiger partial charge in [-0.2, -0.15) is 0 Å². The number of allylic oxidation sites excluding steroid dienone is 4. The van der Waals surface area contributed by atoms with Gasteiger partial charge in [-0.1, -0.05) is 0 Å². The molecule has 0 aromatic heterocycles. The van der Waals surface area contributed by atoms with Crippen LogP contribution in [0.4, 0.5) is 0 Å². The minimum Gasteiger partial charge on any atom is -1.00 e. The van der Waals surface area contributed by atoms with Crippen molar-refractivity contribution in [3.05, 3.63) is 21.8 Å². The van der Waals surface area contributed by atoms with Crippen molar-refractivity contribution >= 4 is 0 Å². The predicted molar refractivity (Wildman–Crippen MR) is 28.7 cm³/mol. The van der Waals surface area contributed by atoms with E-state index in [9.17, 15) is 0 Å². The molecule has 0 aromatic carbocycles. The van der Waals surface area contributed by atoms with Crippen molar-refractivity contribution in [2.75, 3.05) is 0 Å². The zero-order chi connectivity index (χ0) is 5.28. The Kier molecular flexibility index (Phi) is 1.46. The molecule has 0 atom stereocenters. The molecule has 0 saturated heterocycles. The molecule has 0 aromatic rings. The van der Waals surface area contributed by atoms with Crippen LogP contribution in [0.3, 0.4) is 0 Å². The Hall–Kier alpha value is 0.129. The molecule has 1 rings (SSSR count). The summed E-state index contributed by atoms with van der Waals surface area (Å²) >= 11 is 2.18. The first-order valence-corrected chi connectivity index (χ1v) is 3.50. The molecular weight excluding hydrogens is 264 g/mol. The van der Waals surface area contributed by atoms with Gasteiger partial charge in [0, 0.05) is 0 Å². The van der Waals surface area contributed by atoms with Crippen LogP contribution in [0.5, 0.6) is 0 Å². The molecule has 1 aliphatic carbocycles. The number of rotatable bonds is 0. The Bertz CT molecular complexity index is 138. The van der Waals surface area contributed by atoms with Gasteiger partial charge in [0.2, 0.25) is 0 Å². The summed E-state index contributed by atoms with van der Waals surface area (Å²) < 4.78 is 1.51. The second-order valence-corrected chi connectivity index (χ2v) is 3.11. The second kappa shape index (κ2) is 1.93. The van der Waals surface area contributed by atoms with Crippen LogP contribution in [-0.2, 0) is 18.9 Å². The van der Waals surface area contributed by atoms with Crippen molar-refractivity contribution in [1.82, 2.24) is 0 Å². The van der Waals surface area contributed by atoms with E-state index in [1.54, 1.807) is 0 Å². The summed E-state index contributed by atoms with van der Waals surface area (Å²) in [5, 5.41) is 0. The van der Waals surface area contributed by atoms with Gasteiger partial charge in [-0.05, 0) is 0 Å². The third-order valence-corrected chi connectivity index (χ3v) is 2.50. The predicted octanol–water partition coefficient (Wildman–Crippen LogP) is 1.99. The molecule has 1 aliphatic rings. The molecule has 0 nitrogen and oxygen atoms in total. The van der Waals surface area contributed by atoms with Crippen LogP contribution in [0.25, 0.3) is 0 Å². The first-order chi connectivity index (χ1) is 3.30. The Morgan fingerprint density at radius 1 is 1.86 bits per heavy atom. The normalized spacial score (nSPS) is 19.1. The van der Waals surface area contributed by atoms with Crippen LogP contribution in [0.15, 0.2) is 21.8 Å². The molecule has 0 heterocycles. The zero-order valence-corrected chi connectivity index (χ0v) is 6.59. The summed E-state index contributed by atoms with van der Waals surface area (Å²) in [7, 11) is 0. The van der Waals surface area contributed by atoms with Gasteiger partial charge in [0.15, 0.2) is 0 Å². The molecule has 7 heavy (non-hydrogen) atoms. The third kappa shape index (κ3) is 1.02. The van der Waals surface area contributed by atoms with E-state index in [0.29, 0.717) is 0 Å². The van der Waals surface area contributed by atoms with E-state index in [0.717, 1.165) is 0 Å². The molecule has 0 bridgehead atoms. The van der Waals surface area contributed by atoms with Crippen molar-refractivity contribution < 1.29 is 21.8 Å². The van der Waals surface area contributed by atoms with Crippen LogP contribution in [0, 0.1) is 0 Å². The largest absolute Gasteiger partial charge is 1.00 e. The van der Waals surface area contributed by atoms with Crippen molar-refractivity contribution in [3.63, 3.8) is 0 Å². The van der Waals surface area contributed by atoms with E-state index in [-0.39, 0.29) is 2.85 Å². The van der Waals surface area contributed by atoms with Gasteiger partial charge in [0.1, 0.15) is 0 Å². The van der Waals surface area contributed by atoms with E-state index in [2.05, 4.69) is 38.0 Å². The summed E-state index contributed by atoms with van der Waals surface area (Å²) in [6, 6.07) is 0. The summed E-state index contributed by atoms with van der Waals surface area (Å²) in [4.78, 5) is 0. The minimum atomic E-state index is 0. The molecule has 0 amide bonds. The van der Waals surface area contributed by atoms with E-state index >= 15 is 0 Å². The average Bonchev–Trinajstić information content (AvgIpc) is 1.91. The SMILES string of the molecule is CC1=[C]([Ir+2])CC=C1.[H-].[H-]. The van der Waals surface area contributed by atoms with Gasteiger partial charge in [-0.3, -0.25) is 0 Å². The minimum absolute atomic E-state index is 0. The molecule has 0 N–H and O–H groups in total. The van der Waals surface area contributed by atoms with Gasteiger partial charge in [-0.15, -0.1) is 0 Å². The average molecular weight is 273 g/mol. The molecule has 0 spiro atoms. The number of hydrogen-bond acceptors (Lipinski definition) is 0. The molecule has 0 saturated carbocycles.